The highest BCUT2D eigenvalue weighted by atomic mass is 32.1. The molecule has 2 aromatic carbocycles. The van der Waals surface area contributed by atoms with E-state index in [2.05, 4.69) is 5.32 Å². The zero-order valence-corrected chi connectivity index (χ0v) is 17.4. The zero-order valence-electron chi connectivity index (χ0n) is 16.5. The smallest absolute Gasteiger partial charge is 0.281 e. The lowest BCUT2D eigenvalue weighted by Gasteiger charge is -2.16. The average molecular weight is 420 g/mol. The maximum absolute atomic E-state index is 12.9. The Morgan fingerprint density at radius 2 is 1.80 bits per heavy atom. The number of benzene rings is 2. The van der Waals surface area contributed by atoms with Crippen LogP contribution in [-0.2, 0) is 11.4 Å². The minimum atomic E-state index is -0.225. The van der Waals surface area contributed by atoms with E-state index in [0.29, 0.717) is 33.8 Å². The van der Waals surface area contributed by atoms with Crippen LogP contribution in [0, 0.1) is 6.92 Å². The number of rotatable bonds is 6. The molecule has 1 saturated heterocycles. The molecule has 1 fully saturated rings. The second-order valence-corrected chi connectivity index (χ2v) is 7.05. The fourth-order valence-corrected chi connectivity index (χ4v) is 3.44. The molecular weight excluding hydrogens is 400 g/mol. The third kappa shape index (κ3) is 3.92. The van der Waals surface area contributed by atoms with E-state index in [1.807, 2.05) is 55.5 Å². The van der Waals surface area contributed by atoms with E-state index in [-0.39, 0.29) is 12.5 Å². The summed E-state index contributed by atoms with van der Waals surface area (Å²) in [4.78, 5) is 14.4. The number of thiocarbonyl (C=S) groups is 1. The van der Waals surface area contributed by atoms with Gasteiger partial charge in [-0.25, -0.2) is 0 Å². The quantitative estimate of drug-likeness (QED) is 0.470. The number of furan rings is 1. The van der Waals surface area contributed by atoms with Crippen molar-refractivity contribution in [3.63, 3.8) is 0 Å². The molecule has 0 spiro atoms. The van der Waals surface area contributed by atoms with Gasteiger partial charge in [-0.05, 0) is 55.0 Å². The number of carbonyl (C=O) groups excluding carboxylic acids is 1. The molecule has 152 valence electrons. The first kappa shape index (κ1) is 19.7. The van der Waals surface area contributed by atoms with Gasteiger partial charge in [-0.2, -0.15) is 0 Å². The summed E-state index contributed by atoms with van der Waals surface area (Å²) in [6.45, 7) is 2.17. The first-order chi connectivity index (χ1) is 14.6. The van der Waals surface area contributed by atoms with Crippen molar-refractivity contribution in [2.75, 3.05) is 12.0 Å². The molecule has 0 radical (unpaired) electrons. The molecule has 0 atom stereocenters. The summed E-state index contributed by atoms with van der Waals surface area (Å²) in [5.74, 6) is 2.20. The maximum Gasteiger partial charge on any atom is 0.281 e. The summed E-state index contributed by atoms with van der Waals surface area (Å²) >= 11 is 5.37. The molecule has 7 heteroatoms. The standard InChI is InChI=1S/C23H20N2O4S/c1-15-7-3-4-8-19(15)25-22(26)18(24-23(25)30)13-16-11-12-17(29-16)14-28-21-10-6-5-9-20(21)27-2/h3-13H,14H2,1-2H3,(H,24,30)/b18-13+. The summed E-state index contributed by atoms with van der Waals surface area (Å²) in [5.41, 5.74) is 2.08. The topological polar surface area (TPSA) is 63.9 Å². The van der Waals surface area contributed by atoms with E-state index < -0.39 is 0 Å². The first-order valence-corrected chi connectivity index (χ1v) is 9.75. The van der Waals surface area contributed by atoms with Crippen LogP contribution in [0.25, 0.3) is 6.08 Å². The van der Waals surface area contributed by atoms with Gasteiger partial charge in [0.1, 0.15) is 23.8 Å². The van der Waals surface area contributed by atoms with Crippen LogP contribution in [0.3, 0.4) is 0 Å². The molecule has 1 N–H and O–H groups in total. The van der Waals surface area contributed by atoms with Crippen LogP contribution in [0.15, 0.2) is 70.8 Å². The molecule has 3 aromatic rings. The molecule has 30 heavy (non-hydrogen) atoms. The number of ether oxygens (including phenoxy) is 2. The van der Waals surface area contributed by atoms with Crippen LogP contribution >= 0.6 is 12.2 Å². The number of anilines is 1. The molecule has 6 nitrogen and oxygen atoms in total. The molecule has 1 aliphatic heterocycles. The normalized spacial score (nSPS) is 14.9. The fourth-order valence-electron chi connectivity index (χ4n) is 3.15. The summed E-state index contributed by atoms with van der Waals surface area (Å²) in [5, 5.41) is 3.31. The summed E-state index contributed by atoms with van der Waals surface area (Å²) in [6, 6.07) is 18.6. The van der Waals surface area contributed by atoms with Gasteiger partial charge < -0.3 is 19.2 Å². The summed E-state index contributed by atoms with van der Waals surface area (Å²) in [6.07, 6.45) is 1.64. The summed E-state index contributed by atoms with van der Waals surface area (Å²) in [7, 11) is 1.59. The number of para-hydroxylation sites is 3. The van der Waals surface area contributed by atoms with Crippen molar-refractivity contribution < 1.29 is 18.7 Å². The molecule has 0 aliphatic carbocycles. The Morgan fingerprint density at radius 3 is 2.57 bits per heavy atom. The van der Waals surface area contributed by atoms with E-state index in [9.17, 15) is 4.79 Å². The number of nitrogens with zero attached hydrogens (tertiary/aromatic N) is 1. The number of amides is 1. The molecule has 0 bridgehead atoms. The van der Waals surface area contributed by atoms with Crippen molar-refractivity contribution >= 4 is 35.0 Å². The highest BCUT2D eigenvalue weighted by Gasteiger charge is 2.32. The van der Waals surface area contributed by atoms with Gasteiger partial charge in [0.05, 0.1) is 12.8 Å². The molecule has 1 aliphatic rings. The van der Waals surface area contributed by atoms with Gasteiger partial charge in [0.15, 0.2) is 16.6 Å². The third-order valence-corrected chi connectivity index (χ3v) is 4.93. The molecule has 0 saturated carbocycles. The Labute approximate surface area is 179 Å². The van der Waals surface area contributed by atoms with Gasteiger partial charge >= 0.3 is 0 Å². The average Bonchev–Trinajstić information content (AvgIpc) is 3.31. The largest absolute Gasteiger partial charge is 0.493 e. The molecule has 1 aromatic heterocycles. The monoisotopic (exact) mass is 420 g/mol. The molecule has 4 rings (SSSR count). The predicted octanol–water partition coefficient (Wildman–Crippen LogP) is 4.44. The van der Waals surface area contributed by atoms with Crippen molar-refractivity contribution in [1.82, 2.24) is 5.32 Å². The van der Waals surface area contributed by atoms with Crippen molar-refractivity contribution in [2.45, 2.75) is 13.5 Å². The van der Waals surface area contributed by atoms with Crippen LogP contribution in [0.4, 0.5) is 5.69 Å². The molecule has 2 heterocycles. The van der Waals surface area contributed by atoms with Gasteiger partial charge in [-0.15, -0.1) is 0 Å². The summed E-state index contributed by atoms with van der Waals surface area (Å²) < 4.78 is 16.8. The van der Waals surface area contributed by atoms with Crippen LogP contribution in [0.5, 0.6) is 11.5 Å². The first-order valence-electron chi connectivity index (χ1n) is 9.34. The lowest BCUT2D eigenvalue weighted by molar-refractivity contribution is -0.113. The van der Waals surface area contributed by atoms with Gasteiger partial charge in [-0.3, -0.25) is 9.69 Å². The number of carbonyl (C=O) groups is 1. The van der Waals surface area contributed by atoms with E-state index in [1.165, 1.54) is 4.90 Å². The van der Waals surface area contributed by atoms with Crippen LogP contribution in [0.2, 0.25) is 0 Å². The maximum atomic E-state index is 12.9. The molecule has 1 amide bonds. The Bertz CT molecular complexity index is 1140. The fraction of sp³-hybridized carbons (Fsp3) is 0.130. The van der Waals surface area contributed by atoms with Gasteiger partial charge in [0, 0.05) is 6.08 Å². The van der Waals surface area contributed by atoms with Crippen LogP contribution in [-0.4, -0.2) is 18.1 Å². The second kappa shape index (κ2) is 8.42. The predicted molar refractivity (Wildman–Crippen MR) is 118 cm³/mol. The number of nitrogens with one attached hydrogen (secondary N) is 1. The number of hydrogen-bond acceptors (Lipinski definition) is 5. The van der Waals surface area contributed by atoms with Crippen LogP contribution in [0.1, 0.15) is 17.1 Å². The second-order valence-electron chi connectivity index (χ2n) is 6.66. The molecular formula is C23H20N2O4S. The number of methoxy groups -OCH3 is 1. The Kier molecular flexibility index (Phi) is 5.54. The van der Waals surface area contributed by atoms with E-state index >= 15 is 0 Å². The van der Waals surface area contributed by atoms with Crippen molar-refractivity contribution in [3.8, 4) is 11.5 Å². The minimum Gasteiger partial charge on any atom is -0.493 e. The lowest BCUT2D eigenvalue weighted by Crippen LogP contribution is -2.30. The lowest BCUT2D eigenvalue weighted by atomic mass is 10.2. The van der Waals surface area contributed by atoms with Crippen LogP contribution < -0.4 is 19.7 Å². The third-order valence-electron chi connectivity index (χ3n) is 4.64. The van der Waals surface area contributed by atoms with E-state index in [4.69, 9.17) is 26.1 Å². The zero-order chi connectivity index (χ0) is 21.1. The minimum absolute atomic E-state index is 0.225. The van der Waals surface area contributed by atoms with Crippen molar-refractivity contribution in [2.24, 2.45) is 0 Å². The Hall–Kier alpha value is -3.58. The Morgan fingerprint density at radius 1 is 1.07 bits per heavy atom. The van der Waals surface area contributed by atoms with E-state index in [1.54, 1.807) is 25.3 Å². The van der Waals surface area contributed by atoms with Gasteiger partial charge in [-0.1, -0.05) is 30.3 Å². The SMILES string of the molecule is COc1ccccc1OCc1ccc(/C=C2/NC(=S)N(c3ccccc3C)C2=O)o1. The highest BCUT2D eigenvalue weighted by Crippen LogP contribution is 2.28. The van der Waals surface area contributed by atoms with Crippen molar-refractivity contribution in [3.05, 3.63) is 83.4 Å². The molecule has 0 unspecified atom stereocenters. The number of aryl methyl sites for hydroxylation is 1. The van der Waals surface area contributed by atoms with Crippen molar-refractivity contribution in [1.29, 1.82) is 0 Å². The van der Waals surface area contributed by atoms with E-state index in [0.717, 1.165) is 11.3 Å². The van der Waals surface area contributed by atoms with Gasteiger partial charge in [0.25, 0.3) is 5.91 Å². The number of hydrogen-bond donors (Lipinski definition) is 1. The Balaban J connectivity index is 1.48. The highest BCUT2D eigenvalue weighted by molar-refractivity contribution is 7.80. The van der Waals surface area contributed by atoms with Gasteiger partial charge in [0.2, 0.25) is 0 Å².